The number of carboxylic acid groups (broad SMARTS) is 1. The first-order valence-electron chi connectivity index (χ1n) is 6.99. The molecule has 0 aromatic carbocycles. The van der Waals surface area contributed by atoms with Crippen molar-refractivity contribution in [3.05, 3.63) is 0 Å². The van der Waals surface area contributed by atoms with Crippen molar-refractivity contribution in [2.24, 2.45) is 0 Å². The van der Waals surface area contributed by atoms with E-state index in [-0.39, 0.29) is 13.1 Å². The van der Waals surface area contributed by atoms with Crippen molar-refractivity contribution in [1.29, 1.82) is 0 Å². The van der Waals surface area contributed by atoms with Gasteiger partial charge in [0.1, 0.15) is 12.2 Å². The molecule has 0 aromatic rings. The third kappa shape index (κ3) is 3.94. The Balaban J connectivity index is 3.14. The lowest BCUT2D eigenvalue weighted by Crippen LogP contribution is -2.69. The molecule has 0 saturated carbocycles. The van der Waals surface area contributed by atoms with Gasteiger partial charge in [-0.2, -0.15) is 4.39 Å². The second-order valence-electron chi connectivity index (χ2n) is 5.28. The van der Waals surface area contributed by atoms with Crippen LogP contribution in [0.5, 0.6) is 0 Å². The highest BCUT2D eigenvalue weighted by Gasteiger charge is 2.61. The molecule has 2 amide bonds. The maximum absolute atomic E-state index is 14.3. The number of halogens is 2. The second-order valence-corrected chi connectivity index (χ2v) is 5.28. The Bertz CT molecular complexity index is 491. The average Bonchev–Trinajstić information content (AvgIpc) is 2.45. The van der Waals surface area contributed by atoms with E-state index in [0.717, 1.165) is 6.92 Å². The molecule has 0 bridgehead atoms. The monoisotopic (exact) mass is 338 g/mol. The zero-order valence-corrected chi connectivity index (χ0v) is 13.0. The van der Waals surface area contributed by atoms with Crippen molar-refractivity contribution in [1.82, 2.24) is 10.2 Å². The number of carboxylic acids is 1. The summed E-state index contributed by atoms with van der Waals surface area (Å²) in [5, 5.41) is 20.9. The molecule has 23 heavy (non-hydrogen) atoms. The molecule has 10 heteroatoms. The van der Waals surface area contributed by atoms with Crippen molar-refractivity contribution in [2.45, 2.75) is 51.0 Å². The molecule has 0 aromatic heterocycles. The molecule has 3 N–H and O–H groups in total. The van der Waals surface area contributed by atoms with E-state index in [1.165, 1.54) is 11.8 Å². The first-order chi connectivity index (χ1) is 10.5. The minimum atomic E-state index is -3.77. The number of aliphatic hydroxyl groups is 1. The van der Waals surface area contributed by atoms with E-state index in [1.54, 1.807) is 6.92 Å². The number of hydrogen-bond donors (Lipinski definition) is 3. The Kier molecular flexibility index (Phi) is 6.00. The van der Waals surface area contributed by atoms with Gasteiger partial charge in [-0.25, -0.2) is 9.18 Å². The van der Waals surface area contributed by atoms with Crippen LogP contribution < -0.4 is 5.32 Å². The molecular weight excluding hydrogens is 318 g/mol. The van der Waals surface area contributed by atoms with Crippen LogP contribution in [0.25, 0.3) is 0 Å². The fourth-order valence-corrected chi connectivity index (χ4v) is 2.41. The molecule has 0 spiro atoms. The van der Waals surface area contributed by atoms with Gasteiger partial charge in [-0.05, 0) is 6.92 Å². The summed E-state index contributed by atoms with van der Waals surface area (Å²) in [4.78, 5) is 34.8. The highest BCUT2D eigenvalue weighted by atomic mass is 19.2. The first kappa shape index (κ1) is 19.2. The number of aliphatic hydroxyl groups excluding tert-OH is 1. The molecule has 1 fully saturated rings. The quantitative estimate of drug-likeness (QED) is 0.605. The van der Waals surface area contributed by atoms with Crippen LogP contribution in [0, 0.1) is 0 Å². The van der Waals surface area contributed by atoms with Gasteiger partial charge in [0.25, 0.3) is 0 Å². The zero-order chi connectivity index (χ0) is 17.9. The molecule has 0 aliphatic carbocycles. The van der Waals surface area contributed by atoms with E-state index >= 15 is 0 Å². The third-order valence-electron chi connectivity index (χ3n) is 3.63. The molecule has 1 saturated heterocycles. The molecule has 1 heterocycles. The summed E-state index contributed by atoms with van der Waals surface area (Å²) in [5.41, 5.74) is 0. The predicted octanol–water partition coefficient (Wildman–Crippen LogP) is -0.792. The van der Waals surface area contributed by atoms with Crippen molar-refractivity contribution < 1.29 is 38.1 Å². The van der Waals surface area contributed by atoms with Gasteiger partial charge in [-0.15, -0.1) is 0 Å². The number of rotatable bonds is 5. The Morgan fingerprint density at radius 2 is 1.91 bits per heavy atom. The lowest BCUT2D eigenvalue weighted by atomic mass is 9.91. The minimum Gasteiger partial charge on any atom is -0.477 e. The van der Waals surface area contributed by atoms with Gasteiger partial charge in [-0.1, -0.05) is 0 Å². The number of aliphatic carboxylic acids is 1. The molecule has 0 radical (unpaired) electrons. The molecule has 8 nitrogen and oxygen atoms in total. The van der Waals surface area contributed by atoms with E-state index in [0.29, 0.717) is 0 Å². The third-order valence-corrected chi connectivity index (χ3v) is 3.63. The Hall–Kier alpha value is -1.81. The number of hydrogen-bond acceptors (Lipinski definition) is 5. The lowest BCUT2D eigenvalue weighted by molar-refractivity contribution is -0.275. The molecule has 132 valence electrons. The van der Waals surface area contributed by atoms with Crippen LogP contribution in [0.15, 0.2) is 0 Å². The summed E-state index contributed by atoms with van der Waals surface area (Å²) < 4.78 is 33.0. The fourth-order valence-electron chi connectivity index (χ4n) is 2.41. The summed E-state index contributed by atoms with van der Waals surface area (Å²) in [6.45, 7) is 3.82. The summed E-state index contributed by atoms with van der Waals surface area (Å²) in [6.07, 6.45) is -6.49. The molecule has 1 aliphatic rings. The Morgan fingerprint density at radius 3 is 2.30 bits per heavy atom. The summed E-state index contributed by atoms with van der Waals surface area (Å²) in [6, 6.07) is -1.40. The maximum Gasteiger partial charge on any atom is 0.372 e. The Labute approximate surface area is 131 Å². The van der Waals surface area contributed by atoms with Crippen LogP contribution in [-0.4, -0.2) is 76.3 Å². The van der Waals surface area contributed by atoms with Crippen molar-refractivity contribution in [2.75, 3.05) is 13.1 Å². The van der Waals surface area contributed by atoms with E-state index in [4.69, 9.17) is 9.84 Å². The minimum absolute atomic E-state index is 0.198. The van der Waals surface area contributed by atoms with Crippen molar-refractivity contribution in [3.8, 4) is 0 Å². The lowest BCUT2D eigenvalue weighted by Gasteiger charge is -2.44. The standard InChI is InChI=1S/C13H20F2N2O6/c1-4-17(7(3)19)5-8-9(16-6(2)18)10(20)11(14)13(15,23-8)12(21)22/h8-11,20H,4-5H2,1-3H3,(H,16,18)(H,21,22)/t8?,9-,10?,11?,13+/m0/s1. The topological polar surface area (TPSA) is 116 Å². The highest BCUT2D eigenvalue weighted by molar-refractivity contribution is 5.77. The maximum atomic E-state index is 14.3. The van der Waals surface area contributed by atoms with Crippen LogP contribution in [0.3, 0.4) is 0 Å². The number of likely N-dealkylation sites (N-methyl/N-ethyl adjacent to an activating group) is 1. The number of carbonyl (C=O) groups excluding carboxylic acids is 2. The summed E-state index contributed by atoms with van der Waals surface area (Å²) >= 11 is 0. The van der Waals surface area contributed by atoms with Crippen molar-refractivity contribution >= 4 is 17.8 Å². The number of nitrogens with zero attached hydrogens (tertiary/aromatic N) is 1. The van der Waals surface area contributed by atoms with Crippen LogP contribution >= 0.6 is 0 Å². The number of ether oxygens (including phenoxy) is 1. The van der Waals surface area contributed by atoms with E-state index in [2.05, 4.69) is 5.32 Å². The summed E-state index contributed by atoms with van der Waals surface area (Å²) in [7, 11) is 0. The fraction of sp³-hybridized carbons (Fsp3) is 0.769. The van der Waals surface area contributed by atoms with E-state index in [1.807, 2.05) is 0 Å². The van der Waals surface area contributed by atoms with Crippen LogP contribution in [0.1, 0.15) is 20.8 Å². The zero-order valence-electron chi connectivity index (χ0n) is 13.0. The van der Waals surface area contributed by atoms with Crippen molar-refractivity contribution in [3.63, 3.8) is 0 Å². The first-order valence-corrected chi connectivity index (χ1v) is 6.99. The SMILES string of the molecule is CCN(CC1O[C@@](F)(C(=O)O)C(F)C(O)[C@H]1NC(C)=O)C(C)=O. The number of alkyl halides is 2. The molecule has 1 rings (SSSR count). The highest BCUT2D eigenvalue weighted by Crippen LogP contribution is 2.34. The molecule has 3 unspecified atom stereocenters. The molecule has 5 atom stereocenters. The predicted molar refractivity (Wildman–Crippen MR) is 72.8 cm³/mol. The smallest absolute Gasteiger partial charge is 0.372 e. The van der Waals surface area contributed by atoms with Gasteiger partial charge in [0.2, 0.25) is 11.8 Å². The Morgan fingerprint density at radius 1 is 1.35 bits per heavy atom. The van der Waals surface area contributed by atoms with Gasteiger partial charge >= 0.3 is 11.8 Å². The second kappa shape index (κ2) is 7.18. The van der Waals surface area contributed by atoms with E-state index < -0.39 is 48.1 Å². The van der Waals surface area contributed by atoms with Gasteiger partial charge in [0.15, 0.2) is 6.17 Å². The largest absolute Gasteiger partial charge is 0.477 e. The van der Waals surface area contributed by atoms with Crippen LogP contribution in [0.2, 0.25) is 0 Å². The number of nitrogens with one attached hydrogen (secondary N) is 1. The molecular formula is C13H20F2N2O6. The van der Waals surface area contributed by atoms with E-state index in [9.17, 15) is 28.3 Å². The van der Waals surface area contributed by atoms with Gasteiger partial charge < -0.3 is 25.2 Å². The number of amides is 2. The van der Waals surface area contributed by atoms with Crippen LogP contribution in [-0.2, 0) is 19.1 Å². The van der Waals surface area contributed by atoms with Gasteiger partial charge in [-0.3, -0.25) is 9.59 Å². The number of carbonyl (C=O) groups is 3. The van der Waals surface area contributed by atoms with Gasteiger partial charge in [0, 0.05) is 26.9 Å². The normalized spacial score (nSPS) is 33.8. The van der Waals surface area contributed by atoms with Gasteiger partial charge in [0.05, 0.1) is 6.04 Å². The average molecular weight is 338 g/mol. The molecule has 1 aliphatic heterocycles. The summed E-state index contributed by atoms with van der Waals surface area (Å²) in [5.74, 6) is -7.06. The van der Waals surface area contributed by atoms with Crippen LogP contribution in [0.4, 0.5) is 8.78 Å².